The molecule has 0 radical (unpaired) electrons. The van der Waals surface area contributed by atoms with E-state index in [-0.39, 0.29) is 6.10 Å². The molecule has 0 fully saturated rings. The molecule has 2 rings (SSSR count). The number of allylic oxidation sites excluding steroid dienone is 1. The van der Waals surface area contributed by atoms with Crippen molar-refractivity contribution in [2.45, 2.75) is 31.8 Å². The van der Waals surface area contributed by atoms with Crippen molar-refractivity contribution in [2.24, 2.45) is 0 Å². The van der Waals surface area contributed by atoms with Crippen molar-refractivity contribution >= 4 is 6.08 Å². The summed E-state index contributed by atoms with van der Waals surface area (Å²) in [5.41, 5.74) is 2.51. The number of hydrogen-bond acceptors (Lipinski definition) is 1. The summed E-state index contributed by atoms with van der Waals surface area (Å²) < 4.78 is 0. The molecular weight excluding hydrogens is 244 g/mol. The van der Waals surface area contributed by atoms with Gasteiger partial charge in [0.1, 0.15) is 0 Å². The molecule has 0 spiro atoms. The van der Waals surface area contributed by atoms with Gasteiger partial charge in [0.15, 0.2) is 0 Å². The van der Waals surface area contributed by atoms with Crippen LogP contribution in [0.5, 0.6) is 0 Å². The maximum atomic E-state index is 9.97. The fraction of sp³-hybridized carbons (Fsp3) is 0.263. The Hall–Kier alpha value is -1.86. The van der Waals surface area contributed by atoms with Gasteiger partial charge in [-0.05, 0) is 36.8 Å². The van der Waals surface area contributed by atoms with Gasteiger partial charge >= 0.3 is 0 Å². The maximum Gasteiger partial charge on any atom is 0.0546 e. The van der Waals surface area contributed by atoms with E-state index in [0.717, 1.165) is 25.7 Å². The number of benzene rings is 2. The van der Waals surface area contributed by atoms with E-state index in [0.29, 0.717) is 0 Å². The first-order valence-electron chi connectivity index (χ1n) is 7.28. The second kappa shape index (κ2) is 8.34. The molecule has 2 aromatic carbocycles. The lowest BCUT2D eigenvalue weighted by Gasteiger charge is -2.08. The Bertz CT molecular complexity index is 502. The van der Waals surface area contributed by atoms with Crippen LogP contribution in [0.25, 0.3) is 6.08 Å². The van der Waals surface area contributed by atoms with Gasteiger partial charge in [0.2, 0.25) is 0 Å². The van der Waals surface area contributed by atoms with Gasteiger partial charge in [-0.2, -0.15) is 0 Å². The smallest absolute Gasteiger partial charge is 0.0546 e. The average Bonchev–Trinajstić information content (AvgIpc) is 2.52. The van der Waals surface area contributed by atoms with E-state index in [2.05, 4.69) is 36.4 Å². The highest BCUT2D eigenvalue weighted by Crippen LogP contribution is 2.10. The van der Waals surface area contributed by atoms with Crippen molar-refractivity contribution in [3.8, 4) is 0 Å². The van der Waals surface area contributed by atoms with E-state index in [1.165, 1.54) is 11.1 Å². The summed E-state index contributed by atoms with van der Waals surface area (Å²) in [6.45, 7) is 0. The van der Waals surface area contributed by atoms with Crippen molar-refractivity contribution in [1.29, 1.82) is 0 Å². The zero-order valence-electron chi connectivity index (χ0n) is 11.8. The van der Waals surface area contributed by atoms with Crippen molar-refractivity contribution < 1.29 is 5.11 Å². The third-order valence-electron chi connectivity index (χ3n) is 3.39. The molecule has 0 aliphatic heterocycles. The van der Waals surface area contributed by atoms with Crippen LogP contribution >= 0.6 is 0 Å². The SMILES string of the molecule is O[C@H](CCC=Cc1ccccc1)CCc1ccccc1. The molecule has 0 heterocycles. The predicted octanol–water partition coefficient (Wildman–Crippen LogP) is 4.47. The summed E-state index contributed by atoms with van der Waals surface area (Å²) in [4.78, 5) is 0. The molecule has 1 atom stereocenters. The van der Waals surface area contributed by atoms with Gasteiger partial charge in [-0.15, -0.1) is 0 Å². The number of rotatable bonds is 7. The second-order valence-electron chi connectivity index (χ2n) is 5.07. The Labute approximate surface area is 121 Å². The highest BCUT2D eigenvalue weighted by Gasteiger charge is 2.03. The zero-order valence-corrected chi connectivity index (χ0v) is 11.8. The summed E-state index contributed by atoms with van der Waals surface area (Å²) in [5, 5.41) is 9.97. The van der Waals surface area contributed by atoms with Gasteiger partial charge in [-0.3, -0.25) is 0 Å². The molecule has 1 heteroatoms. The highest BCUT2D eigenvalue weighted by molar-refractivity contribution is 5.48. The average molecular weight is 266 g/mol. The van der Waals surface area contributed by atoms with Gasteiger partial charge in [-0.25, -0.2) is 0 Å². The van der Waals surface area contributed by atoms with E-state index in [1.807, 2.05) is 36.4 Å². The largest absolute Gasteiger partial charge is 0.393 e. The van der Waals surface area contributed by atoms with Gasteiger partial charge in [-0.1, -0.05) is 72.8 Å². The standard InChI is InChI=1S/C19H22O/c20-19(16-15-18-11-5-2-6-12-18)14-8-7-13-17-9-3-1-4-10-17/h1-7,9-13,19-20H,8,14-16H2/t19-/m1/s1. The number of aliphatic hydroxyl groups is 1. The van der Waals surface area contributed by atoms with Crippen LogP contribution < -0.4 is 0 Å². The lowest BCUT2D eigenvalue weighted by molar-refractivity contribution is 0.156. The maximum absolute atomic E-state index is 9.97. The summed E-state index contributed by atoms with van der Waals surface area (Å²) in [5.74, 6) is 0. The predicted molar refractivity (Wildman–Crippen MR) is 85.5 cm³/mol. The molecule has 0 aromatic heterocycles. The van der Waals surface area contributed by atoms with E-state index < -0.39 is 0 Å². The normalized spacial score (nSPS) is 12.7. The molecule has 1 nitrogen and oxygen atoms in total. The lowest BCUT2D eigenvalue weighted by atomic mass is 10.0. The molecule has 20 heavy (non-hydrogen) atoms. The summed E-state index contributed by atoms with van der Waals surface area (Å²) in [6.07, 6.45) is 7.58. The van der Waals surface area contributed by atoms with Crippen LogP contribution in [0.15, 0.2) is 66.7 Å². The van der Waals surface area contributed by atoms with Crippen LogP contribution in [0.1, 0.15) is 30.4 Å². The van der Waals surface area contributed by atoms with Crippen LogP contribution in [0.4, 0.5) is 0 Å². The van der Waals surface area contributed by atoms with E-state index >= 15 is 0 Å². The number of aryl methyl sites for hydroxylation is 1. The van der Waals surface area contributed by atoms with Crippen LogP contribution in [-0.2, 0) is 6.42 Å². The van der Waals surface area contributed by atoms with Crippen molar-refractivity contribution in [2.75, 3.05) is 0 Å². The van der Waals surface area contributed by atoms with Gasteiger partial charge in [0, 0.05) is 0 Å². The minimum Gasteiger partial charge on any atom is -0.393 e. The van der Waals surface area contributed by atoms with Crippen LogP contribution in [-0.4, -0.2) is 11.2 Å². The third-order valence-corrected chi connectivity index (χ3v) is 3.39. The minimum absolute atomic E-state index is 0.212. The summed E-state index contributed by atoms with van der Waals surface area (Å²) >= 11 is 0. The van der Waals surface area contributed by atoms with Crippen molar-refractivity contribution in [1.82, 2.24) is 0 Å². The van der Waals surface area contributed by atoms with Gasteiger partial charge in [0.05, 0.1) is 6.10 Å². The Morgan fingerprint density at radius 2 is 1.50 bits per heavy atom. The monoisotopic (exact) mass is 266 g/mol. The molecular formula is C19H22O. The molecule has 0 aliphatic carbocycles. The highest BCUT2D eigenvalue weighted by atomic mass is 16.3. The number of hydrogen-bond donors (Lipinski definition) is 1. The third kappa shape index (κ3) is 5.41. The first-order valence-corrected chi connectivity index (χ1v) is 7.28. The lowest BCUT2D eigenvalue weighted by Crippen LogP contribution is -2.07. The van der Waals surface area contributed by atoms with Crippen LogP contribution in [0, 0.1) is 0 Å². The molecule has 0 saturated carbocycles. The minimum atomic E-state index is -0.212. The van der Waals surface area contributed by atoms with E-state index in [4.69, 9.17) is 0 Å². The molecule has 104 valence electrons. The molecule has 0 bridgehead atoms. The fourth-order valence-electron chi connectivity index (χ4n) is 2.19. The Morgan fingerprint density at radius 3 is 2.20 bits per heavy atom. The Morgan fingerprint density at radius 1 is 0.850 bits per heavy atom. The first-order chi connectivity index (χ1) is 9.84. The Balaban J connectivity index is 1.65. The number of aliphatic hydroxyl groups excluding tert-OH is 1. The van der Waals surface area contributed by atoms with Crippen LogP contribution in [0.3, 0.4) is 0 Å². The summed E-state index contributed by atoms with van der Waals surface area (Å²) in [6, 6.07) is 20.6. The van der Waals surface area contributed by atoms with Gasteiger partial charge < -0.3 is 5.11 Å². The van der Waals surface area contributed by atoms with Gasteiger partial charge in [0.25, 0.3) is 0 Å². The van der Waals surface area contributed by atoms with Crippen molar-refractivity contribution in [3.63, 3.8) is 0 Å². The first kappa shape index (κ1) is 14.5. The molecule has 0 unspecified atom stereocenters. The molecule has 1 N–H and O–H groups in total. The quantitative estimate of drug-likeness (QED) is 0.783. The second-order valence-corrected chi connectivity index (χ2v) is 5.07. The topological polar surface area (TPSA) is 20.2 Å². The Kier molecular flexibility index (Phi) is 6.07. The van der Waals surface area contributed by atoms with Crippen molar-refractivity contribution in [3.05, 3.63) is 77.9 Å². The fourth-order valence-corrected chi connectivity index (χ4v) is 2.19. The molecule has 0 aliphatic rings. The molecule has 0 saturated heterocycles. The zero-order chi connectivity index (χ0) is 14.0. The van der Waals surface area contributed by atoms with E-state index in [1.54, 1.807) is 0 Å². The molecule has 0 amide bonds. The van der Waals surface area contributed by atoms with E-state index in [9.17, 15) is 5.11 Å². The molecule has 2 aromatic rings. The summed E-state index contributed by atoms with van der Waals surface area (Å²) in [7, 11) is 0. The van der Waals surface area contributed by atoms with Crippen LogP contribution in [0.2, 0.25) is 0 Å².